The van der Waals surface area contributed by atoms with Crippen molar-refractivity contribution in [2.24, 2.45) is 10.9 Å². The van der Waals surface area contributed by atoms with Crippen LogP contribution in [0.25, 0.3) is 0 Å². The second-order valence-electron chi connectivity index (χ2n) is 8.52. The monoisotopic (exact) mass is 404 g/mol. The van der Waals surface area contributed by atoms with Gasteiger partial charge in [0, 0.05) is 40.3 Å². The highest BCUT2D eigenvalue weighted by molar-refractivity contribution is 5.79. The van der Waals surface area contributed by atoms with Gasteiger partial charge in [-0.2, -0.15) is 0 Å². The summed E-state index contributed by atoms with van der Waals surface area (Å²) in [6, 6.07) is 8.16. The first-order chi connectivity index (χ1) is 13.8. The largest absolute Gasteiger partial charge is 0.444 e. The topological polar surface area (TPSA) is 75.2 Å². The number of aliphatic imine (C=N–C) groups is 1. The Morgan fingerprint density at radius 2 is 1.83 bits per heavy atom. The van der Waals surface area contributed by atoms with E-state index < -0.39 is 5.60 Å². The summed E-state index contributed by atoms with van der Waals surface area (Å²) in [5.74, 6) is 1.55. The number of amides is 1. The van der Waals surface area contributed by atoms with Crippen LogP contribution >= 0.6 is 0 Å². The van der Waals surface area contributed by atoms with E-state index in [1.54, 1.807) is 19.0 Å². The van der Waals surface area contributed by atoms with Crippen LogP contribution < -0.4 is 10.6 Å². The lowest BCUT2D eigenvalue weighted by Crippen LogP contribution is -2.38. The van der Waals surface area contributed by atoms with Crippen molar-refractivity contribution in [2.75, 3.05) is 33.9 Å². The summed E-state index contributed by atoms with van der Waals surface area (Å²) in [5, 5.41) is 6.56. The van der Waals surface area contributed by atoms with E-state index in [1.165, 1.54) is 12.8 Å². The highest BCUT2D eigenvalue weighted by Crippen LogP contribution is 2.28. The minimum atomic E-state index is -0.489. The van der Waals surface area contributed by atoms with Gasteiger partial charge in [-0.05, 0) is 50.7 Å². The van der Waals surface area contributed by atoms with Crippen LogP contribution in [0.4, 0.5) is 4.79 Å². The minimum absolute atomic E-state index is 0.320. The molecular formula is C22H36N4O3. The fraction of sp³-hybridized carbons (Fsp3) is 0.636. The molecule has 0 aliphatic heterocycles. The molecule has 0 bridgehead atoms. The Hall–Kier alpha value is -2.28. The summed E-state index contributed by atoms with van der Waals surface area (Å²) in [5.41, 5.74) is 1.70. The molecule has 0 unspecified atom stereocenters. The summed E-state index contributed by atoms with van der Waals surface area (Å²) < 4.78 is 11.0. The molecule has 1 fully saturated rings. The molecule has 0 aromatic heterocycles. The molecule has 2 N–H and O–H groups in total. The molecule has 0 saturated heterocycles. The smallest absolute Gasteiger partial charge is 0.410 e. The average Bonchev–Trinajstić information content (AvgIpc) is 3.48. The maximum atomic E-state index is 12.1. The van der Waals surface area contributed by atoms with Crippen molar-refractivity contribution in [3.05, 3.63) is 35.4 Å². The van der Waals surface area contributed by atoms with E-state index in [1.807, 2.05) is 32.9 Å². The molecule has 0 heterocycles. The van der Waals surface area contributed by atoms with Gasteiger partial charge in [0.25, 0.3) is 0 Å². The molecule has 7 nitrogen and oxygen atoms in total. The molecule has 2 rings (SSSR count). The Balaban J connectivity index is 1.69. The van der Waals surface area contributed by atoms with Gasteiger partial charge < -0.3 is 25.0 Å². The van der Waals surface area contributed by atoms with E-state index >= 15 is 0 Å². The van der Waals surface area contributed by atoms with Crippen LogP contribution in [0, 0.1) is 5.92 Å². The van der Waals surface area contributed by atoms with E-state index in [-0.39, 0.29) is 6.09 Å². The van der Waals surface area contributed by atoms with Crippen LogP contribution in [0.3, 0.4) is 0 Å². The summed E-state index contributed by atoms with van der Waals surface area (Å²) in [6.45, 7) is 9.08. The van der Waals surface area contributed by atoms with Crippen molar-refractivity contribution in [3.63, 3.8) is 0 Å². The number of hydrogen-bond acceptors (Lipinski definition) is 4. The van der Waals surface area contributed by atoms with E-state index in [0.717, 1.165) is 36.2 Å². The predicted octanol–water partition coefficient (Wildman–Crippen LogP) is 3.15. The summed E-state index contributed by atoms with van der Waals surface area (Å²) >= 11 is 0. The van der Waals surface area contributed by atoms with Crippen molar-refractivity contribution in [1.29, 1.82) is 0 Å². The minimum Gasteiger partial charge on any atom is -0.444 e. The van der Waals surface area contributed by atoms with E-state index in [2.05, 4.69) is 27.8 Å². The third-order valence-electron chi connectivity index (χ3n) is 4.42. The van der Waals surface area contributed by atoms with Crippen molar-refractivity contribution in [2.45, 2.75) is 52.3 Å². The first-order valence-corrected chi connectivity index (χ1v) is 10.3. The lowest BCUT2D eigenvalue weighted by molar-refractivity contribution is 0.0285. The van der Waals surface area contributed by atoms with Gasteiger partial charge in [-0.15, -0.1) is 0 Å². The quantitative estimate of drug-likeness (QED) is 0.376. The van der Waals surface area contributed by atoms with Crippen molar-refractivity contribution in [3.8, 4) is 0 Å². The number of carbonyl (C=O) groups is 1. The van der Waals surface area contributed by atoms with Gasteiger partial charge in [0.1, 0.15) is 5.60 Å². The van der Waals surface area contributed by atoms with E-state index in [9.17, 15) is 4.79 Å². The van der Waals surface area contributed by atoms with Gasteiger partial charge in [-0.25, -0.2) is 4.79 Å². The molecule has 0 spiro atoms. The molecule has 1 amide bonds. The van der Waals surface area contributed by atoms with Crippen LogP contribution in [0.1, 0.15) is 44.7 Å². The molecule has 1 aromatic rings. The van der Waals surface area contributed by atoms with Crippen molar-refractivity contribution in [1.82, 2.24) is 15.5 Å². The first-order valence-electron chi connectivity index (χ1n) is 10.3. The molecule has 1 aliphatic carbocycles. The highest BCUT2D eigenvalue weighted by atomic mass is 16.6. The molecule has 29 heavy (non-hydrogen) atoms. The zero-order chi connectivity index (χ0) is 21.3. The van der Waals surface area contributed by atoms with Gasteiger partial charge in [0.05, 0.1) is 6.61 Å². The third-order valence-corrected chi connectivity index (χ3v) is 4.42. The Morgan fingerprint density at radius 1 is 1.17 bits per heavy atom. The summed E-state index contributed by atoms with van der Waals surface area (Å²) in [6.07, 6.45) is 2.30. The second kappa shape index (κ2) is 11.0. The highest BCUT2D eigenvalue weighted by Gasteiger charge is 2.21. The Kier molecular flexibility index (Phi) is 8.76. The molecule has 162 valence electrons. The van der Waals surface area contributed by atoms with Gasteiger partial charge in [-0.3, -0.25) is 4.99 Å². The summed E-state index contributed by atoms with van der Waals surface area (Å²) in [7, 11) is 3.50. The molecule has 1 aromatic carbocycles. The zero-order valence-electron chi connectivity index (χ0n) is 18.5. The standard InChI is InChI=1S/C22H36N4O3/c1-22(2,3)29-21(27)26(5)15-18-8-6-17(7-9-18)14-25-20(23-4)24-12-13-28-16-19-10-11-19/h6-9,19H,10-16H2,1-5H3,(H2,23,24,25). The van der Waals surface area contributed by atoms with Gasteiger partial charge in [0.2, 0.25) is 0 Å². The van der Waals surface area contributed by atoms with Crippen LogP contribution in [0.15, 0.2) is 29.3 Å². The third kappa shape index (κ3) is 9.65. The summed E-state index contributed by atoms with van der Waals surface area (Å²) in [4.78, 5) is 17.9. The van der Waals surface area contributed by atoms with Gasteiger partial charge >= 0.3 is 6.09 Å². The number of ether oxygens (including phenoxy) is 2. The lowest BCUT2D eigenvalue weighted by atomic mass is 10.1. The fourth-order valence-electron chi connectivity index (χ4n) is 2.62. The van der Waals surface area contributed by atoms with Crippen LogP contribution in [-0.2, 0) is 22.6 Å². The Labute approximate surface area is 174 Å². The second-order valence-corrected chi connectivity index (χ2v) is 8.52. The van der Waals surface area contributed by atoms with Crippen molar-refractivity contribution < 1.29 is 14.3 Å². The number of hydrogen-bond donors (Lipinski definition) is 2. The van der Waals surface area contributed by atoms with Crippen LogP contribution in [-0.4, -0.2) is 56.4 Å². The lowest BCUT2D eigenvalue weighted by Gasteiger charge is -2.24. The van der Waals surface area contributed by atoms with E-state index in [0.29, 0.717) is 19.7 Å². The number of rotatable bonds is 9. The fourth-order valence-corrected chi connectivity index (χ4v) is 2.62. The number of benzene rings is 1. The van der Waals surface area contributed by atoms with Crippen molar-refractivity contribution >= 4 is 12.1 Å². The molecule has 0 radical (unpaired) electrons. The maximum absolute atomic E-state index is 12.1. The van der Waals surface area contributed by atoms with Crippen LogP contribution in [0.5, 0.6) is 0 Å². The van der Waals surface area contributed by atoms with Crippen LogP contribution in [0.2, 0.25) is 0 Å². The number of nitrogens with one attached hydrogen (secondary N) is 2. The SMILES string of the molecule is CN=C(NCCOCC1CC1)NCc1ccc(CN(C)C(=O)OC(C)(C)C)cc1. The Bertz CT molecular complexity index is 664. The van der Waals surface area contributed by atoms with Gasteiger partial charge in [0.15, 0.2) is 5.96 Å². The number of nitrogens with zero attached hydrogens (tertiary/aromatic N) is 2. The van der Waals surface area contributed by atoms with Gasteiger partial charge in [-0.1, -0.05) is 24.3 Å². The average molecular weight is 405 g/mol. The molecular weight excluding hydrogens is 368 g/mol. The van der Waals surface area contributed by atoms with E-state index in [4.69, 9.17) is 9.47 Å². The zero-order valence-corrected chi connectivity index (χ0v) is 18.5. The normalized spacial score (nSPS) is 14.4. The molecule has 1 saturated carbocycles. The number of carbonyl (C=O) groups excluding carboxylic acids is 1. The number of guanidine groups is 1. The first kappa shape index (κ1) is 23.0. The Morgan fingerprint density at radius 3 is 2.41 bits per heavy atom. The maximum Gasteiger partial charge on any atom is 0.410 e. The predicted molar refractivity (Wildman–Crippen MR) is 116 cm³/mol. The molecule has 0 atom stereocenters. The molecule has 1 aliphatic rings. The molecule has 7 heteroatoms.